The Morgan fingerprint density at radius 3 is 2.55 bits per heavy atom. The molecule has 0 spiro atoms. The van der Waals surface area contributed by atoms with Gasteiger partial charge in [-0.05, 0) is 36.8 Å². The Kier molecular flexibility index (Phi) is 6.71. The summed E-state index contributed by atoms with van der Waals surface area (Å²) < 4.78 is 33.0. The lowest BCUT2D eigenvalue weighted by molar-refractivity contribution is 0.0950. The number of amides is 1. The van der Waals surface area contributed by atoms with Crippen LogP contribution in [0.25, 0.3) is 0 Å². The fourth-order valence-corrected chi connectivity index (χ4v) is 4.66. The highest BCUT2D eigenvalue weighted by Gasteiger charge is 2.30. The van der Waals surface area contributed by atoms with Gasteiger partial charge in [0, 0.05) is 38.9 Å². The second kappa shape index (κ2) is 9.23. The number of methoxy groups -OCH3 is 1. The van der Waals surface area contributed by atoms with E-state index in [1.165, 1.54) is 29.6 Å². The Hall–Kier alpha value is -2.65. The van der Waals surface area contributed by atoms with Crippen molar-refractivity contribution in [3.05, 3.63) is 48.2 Å². The highest BCUT2D eigenvalue weighted by molar-refractivity contribution is 7.89. The van der Waals surface area contributed by atoms with Gasteiger partial charge in [0.15, 0.2) is 0 Å². The Morgan fingerprint density at radius 2 is 1.93 bits per heavy atom. The van der Waals surface area contributed by atoms with Gasteiger partial charge in [0.2, 0.25) is 10.0 Å². The minimum atomic E-state index is -3.72. The summed E-state index contributed by atoms with van der Waals surface area (Å²) in [7, 11) is -2.26. The van der Waals surface area contributed by atoms with Crippen molar-refractivity contribution >= 4 is 21.7 Å². The van der Waals surface area contributed by atoms with E-state index in [0.717, 1.165) is 12.2 Å². The molecule has 0 atom stereocenters. The van der Waals surface area contributed by atoms with E-state index in [-0.39, 0.29) is 16.4 Å². The van der Waals surface area contributed by atoms with Gasteiger partial charge in [-0.3, -0.25) is 4.79 Å². The molecular formula is C20H26N4O4S. The third-order valence-corrected chi connectivity index (χ3v) is 6.70. The average molecular weight is 419 g/mol. The summed E-state index contributed by atoms with van der Waals surface area (Å²) in [6.45, 7) is 4.26. The molecule has 3 rings (SSSR count). The molecule has 2 aromatic rings. The van der Waals surface area contributed by atoms with E-state index in [9.17, 15) is 13.2 Å². The predicted molar refractivity (Wildman–Crippen MR) is 111 cm³/mol. The number of nitrogens with zero attached hydrogens (tertiary/aromatic N) is 3. The number of sulfonamides is 1. The minimum absolute atomic E-state index is 0.0891. The van der Waals surface area contributed by atoms with E-state index in [1.54, 1.807) is 6.20 Å². The van der Waals surface area contributed by atoms with E-state index in [0.29, 0.717) is 38.5 Å². The van der Waals surface area contributed by atoms with Crippen LogP contribution in [-0.4, -0.2) is 63.4 Å². The Morgan fingerprint density at radius 1 is 1.17 bits per heavy atom. The van der Waals surface area contributed by atoms with Gasteiger partial charge in [-0.1, -0.05) is 13.0 Å². The summed E-state index contributed by atoms with van der Waals surface area (Å²) >= 11 is 0. The number of hydrogen-bond donors (Lipinski definition) is 1. The number of piperazine rings is 1. The number of benzene rings is 1. The van der Waals surface area contributed by atoms with Gasteiger partial charge in [-0.15, -0.1) is 0 Å². The first kappa shape index (κ1) is 21.1. The topological polar surface area (TPSA) is 91.8 Å². The van der Waals surface area contributed by atoms with Crippen molar-refractivity contribution in [1.82, 2.24) is 14.6 Å². The lowest BCUT2D eigenvalue weighted by Gasteiger charge is -2.34. The first-order valence-corrected chi connectivity index (χ1v) is 11.0. The van der Waals surface area contributed by atoms with E-state index >= 15 is 0 Å². The molecule has 1 amide bonds. The summed E-state index contributed by atoms with van der Waals surface area (Å²) in [5.41, 5.74) is 0.217. The first-order valence-electron chi connectivity index (χ1n) is 9.59. The molecule has 0 bridgehead atoms. The number of aromatic nitrogens is 1. The molecule has 2 heterocycles. The average Bonchev–Trinajstić information content (AvgIpc) is 2.77. The number of hydrogen-bond acceptors (Lipinski definition) is 6. The maximum atomic E-state index is 13.1. The molecule has 9 heteroatoms. The maximum Gasteiger partial charge on any atom is 0.255 e. The quantitative estimate of drug-likeness (QED) is 0.736. The summed E-state index contributed by atoms with van der Waals surface area (Å²) in [6.07, 6.45) is 2.51. The number of carbonyl (C=O) groups excluding carboxylic acids is 1. The lowest BCUT2D eigenvalue weighted by atomic mass is 10.2. The molecule has 1 aromatic heterocycles. The van der Waals surface area contributed by atoms with Gasteiger partial charge in [-0.2, -0.15) is 4.31 Å². The van der Waals surface area contributed by atoms with E-state index < -0.39 is 10.0 Å². The van der Waals surface area contributed by atoms with Gasteiger partial charge < -0.3 is 15.0 Å². The zero-order chi connectivity index (χ0) is 20.9. The lowest BCUT2D eigenvalue weighted by Crippen LogP contribution is -2.48. The number of rotatable bonds is 7. The third kappa shape index (κ3) is 4.68. The monoisotopic (exact) mass is 418 g/mol. The molecule has 156 valence electrons. The smallest absolute Gasteiger partial charge is 0.255 e. The van der Waals surface area contributed by atoms with Crippen LogP contribution in [0.3, 0.4) is 0 Å². The predicted octanol–water partition coefficient (Wildman–Crippen LogP) is 1.74. The molecule has 1 aliphatic rings. The molecule has 1 fully saturated rings. The van der Waals surface area contributed by atoms with Crippen LogP contribution in [0.1, 0.15) is 23.7 Å². The number of anilines is 1. The number of pyridine rings is 1. The van der Waals surface area contributed by atoms with Gasteiger partial charge >= 0.3 is 0 Å². The van der Waals surface area contributed by atoms with Crippen molar-refractivity contribution in [2.24, 2.45) is 0 Å². The molecule has 1 N–H and O–H groups in total. The maximum absolute atomic E-state index is 13.1. The van der Waals surface area contributed by atoms with Crippen LogP contribution in [0.2, 0.25) is 0 Å². The van der Waals surface area contributed by atoms with Crippen molar-refractivity contribution in [2.75, 3.05) is 44.7 Å². The summed E-state index contributed by atoms with van der Waals surface area (Å²) in [4.78, 5) is 18.9. The van der Waals surface area contributed by atoms with Crippen LogP contribution in [0.5, 0.6) is 5.75 Å². The number of nitrogens with one attached hydrogen (secondary N) is 1. The largest absolute Gasteiger partial charge is 0.496 e. The molecule has 1 aromatic carbocycles. The number of carbonyl (C=O) groups is 1. The minimum Gasteiger partial charge on any atom is -0.496 e. The van der Waals surface area contributed by atoms with E-state index in [2.05, 4.69) is 15.2 Å². The van der Waals surface area contributed by atoms with Crippen LogP contribution in [0, 0.1) is 0 Å². The van der Waals surface area contributed by atoms with Gasteiger partial charge in [0.25, 0.3) is 5.91 Å². The summed E-state index contributed by atoms with van der Waals surface area (Å²) in [5, 5.41) is 2.76. The molecule has 0 aliphatic carbocycles. The van der Waals surface area contributed by atoms with Crippen molar-refractivity contribution in [3.63, 3.8) is 0 Å². The summed E-state index contributed by atoms with van der Waals surface area (Å²) in [5.74, 6) is 0.835. The van der Waals surface area contributed by atoms with Crippen molar-refractivity contribution in [2.45, 2.75) is 18.2 Å². The molecule has 0 radical (unpaired) electrons. The highest BCUT2D eigenvalue weighted by atomic mass is 32.2. The van der Waals surface area contributed by atoms with E-state index in [4.69, 9.17) is 4.74 Å². The van der Waals surface area contributed by atoms with Crippen LogP contribution < -0.4 is 15.0 Å². The Labute approximate surface area is 171 Å². The van der Waals surface area contributed by atoms with Gasteiger partial charge in [-0.25, -0.2) is 13.4 Å². The third-order valence-electron chi connectivity index (χ3n) is 4.80. The van der Waals surface area contributed by atoms with Gasteiger partial charge in [0.1, 0.15) is 11.6 Å². The van der Waals surface area contributed by atoms with Gasteiger partial charge in [0.05, 0.1) is 17.6 Å². The zero-order valence-corrected chi connectivity index (χ0v) is 17.5. The fourth-order valence-electron chi connectivity index (χ4n) is 3.21. The van der Waals surface area contributed by atoms with E-state index in [1.807, 2.05) is 25.1 Å². The van der Waals surface area contributed by atoms with Crippen LogP contribution in [0.4, 0.5) is 5.82 Å². The van der Waals surface area contributed by atoms with Crippen molar-refractivity contribution < 1.29 is 17.9 Å². The Bertz CT molecular complexity index is 942. The SMILES string of the molecule is CCCNC(=O)c1cc(S(=O)(=O)N2CCN(c3ccccn3)CC2)ccc1OC. The molecule has 1 aliphatic heterocycles. The van der Waals surface area contributed by atoms with Crippen molar-refractivity contribution in [3.8, 4) is 5.75 Å². The van der Waals surface area contributed by atoms with Crippen molar-refractivity contribution in [1.29, 1.82) is 0 Å². The first-order chi connectivity index (χ1) is 14.0. The van der Waals surface area contributed by atoms with Crippen LogP contribution in [-0.2, 0) is 10.0 Å². The van der Waals surface area contributed by atoms with Crippen LogP contribution >= 0.6 is 0 Å². The fraction of sp³-hybridized carbons (Fsp3) is 0.400. The normalized spacial score (nSPS) is 15.2. The molecule has 1 saturated heterocycles. The second-order valence-corrected chi connectivity index (χ2v) is 8.63. The zero-order valence-electron chi connectivity index (χ0n) is 16.7. The molecule has 0 saturated carbocycles. The second-order valence-electron chi connectivity index (χ2n) is 6.70. The molecular weight excluding hydrogens is 392 g/mol. The molecule has 0 unspecified atom stereocenters. The summed E-state index contributed by atoms with van der Waals surface area (Å²) in [6, 6.07) is 10.1. The molecule has 8 nitrogen and oxygen atoms in total. The highest BCUT2D eigenvalue weighted by Crippen LogP contribution is 2.26. The standard InChI is InChI=1S/C20H26N4O4S/c1-3-9-22-20(25)17-15-16(7-8-18(17)28-2)29(26,27)24-13-11-23(12-14-24)19-6-4-5-10-21-19/h4-8,10,15H,3,9,11-14H2,1-2H3,(H,22,25). The van der Waals surface area contributed by atoms with Crippen LogP contribution in [0.15, 0.2) is 47.5 Å². The molecule has 29 heavy (non-hydrogen) atoms. The number of ether oxygens (including phenoxy) is 1. The Balaban J connectivity index is 1.78.